The molecular formula is C16H18ClNO2. The fourth-order valence-electron chi connectivity index (χ4n) is 1.98. The number of rotatable bonds is 5. The standard InChI is InChI=1S/C16H18ClNO2/c1-11(18)16(12-5-3-6-13(17)9-12)20-15-8-4-7-14(10-15)19-2/h3-11,16H,18H2,1-2H3. The van der Waals surface area contributed by atoms with Crippen molar-refractivity contribution in [3.8, 4) is 11.5 Å². The van der Waals surface area contributed by atoms with Gasteiger partial charge in [0.05, 0.1) is 7.11 Å². The lowest BCUT2D eigenvalue weighted by molar-refractivity contribution is 0.180. The van der Waals surface area contributed by atoms with Crippen LogP contribution in [0.4, 0.5) is 0 Å². The summed E-state index contributed by atoms with van der Waals surface area (Å²) >= 11 is 6.03. The lowest BCUT2D eigenvalue weighted by Gasteiger charge is -2.23. The number of methoxy groups -OCH3 is 1. The Bertz CT molecular complexity index is 572. The van der Waals surface area contributed by atoms with Crippen LogP contribution in [0.2, 0.25) is 5.02 Å². The molecule has 106 valence electrons. The summed E-state index contributed by atoms with van der Waals surface area (Å²) in [5.41, 5.74) is 6.99. The van der Waals surface area contributed by atoms with Crippen molar-refractivity contribution in [3.05, 3.63) is 59.1 Å². The van der Waals surface area contributed by atoms with E-state index in [0.29, 0.717) is 10.8 Å². The topological polar surface area (TPSA) is 44.5 Å². The molecule has 0 saturated carbocycles. The summed E-state index contributed by atoms with van der Waals surface area (Å²) in [5, 5.41) is 0.669. The molecule has 2 N–H and O–H groups in total. The van der Waals surface area contributed by atoms with Gasteiger partial charge in [-0.25, -0.2) is 0 Å². The predicted octanol–water partition coefficient (Wildman–Crippen LogP) is 3.82. The summed E-state index contributed by atoms with van der Waals surface area (Å²) in [7, 11) is 1.62. The Hall–Kier alpha value is -1.71. The van der Waals surface area contributed by atoms with E-state index >= 15 is 0 Å². The van der Waals surface area contributed by atoms with Gasteiger partial charge in [0.15, 0.2) is 0 Å². The first kappa shape index (κ1) is 14.7. The fraction of sp³-hybridized carbons (Fsp3) is 0.250. The molecule has 3 nitrogen and oxygen atoms in total. The molecule has 0 aromatic heterocycles. The number of ether oxygens (including phenoxy) is 2. The zero-order valence-electron chi connectivity index (χ0n) is 11.5. The molecular weight excluding hydrogens is 274 g/mol. The van der Waals surface area contributed by atoms with Gasteiger partial charge in [-0.05, 0) is 36.8 Å². The van der Waals surface area contributed by atoms with Crippen LogP contribution in [0.15, 0.2) is 48.5 Å². The lowest BCUT2D eigenvalue weighted by Crippen LogP contribution is -2.29. The van der Waals surface area contributed by atoms with Crippen molar-refractivity contribution in [2.75, 3.05) is 7.11 Å². The second-order valence-corrected chi connectivity index (χ2v) is 5.07. The Morgan fingerprint density at radius 2 is 1.75 bits per heavy atom. The maximum atomic E-state index is 6.04. The highest BCUT2D eigenvalue weighted by atomic mass is 35.5. The zero-order chi connectivity index (χ0) is 14.5. The maximum absolute atomic E-state index is 6.04. The minimum atomic E-state index is -0.263. The van der Waals surface area contributed by atoms with E-state index in [4.69, 9.17) is 26.8 Å². The van der Waals surface area contributed by atoms with Gasteiger partial charge < -0.3 is 15.2 Å². The van der Waals surface area contributed by atoms with Crippen molar-refractivity contribution >= 4 is 11.6 Å². The van der Waals surface area contributed by atoms with Crippen LogP contribution in [0.1, 0.15) is 18.6 Å². The third kappa shape index (κ3) is 3.65. The van der Waals surface area contributed by atoms with Crippen LogP contribution >= 0.6 is 11.6 Å². The molecule has 2 atom stereocenters. The summed E-state index contributed by atoms with van der Waals surface area (Å²) in [5.74, 6) is 1.46. The highest BCUT2D eigenvalue weighted by Crippen LogP contribution is 2.28. The van der Waals surface area contributed by atoms with Gasteiger partial charge in [0.2, 0.25) is 0 Å². The zero-order valence-corrected chi connectivity index (χ0v) is 12.3. The van der Waals surface area contributed by atoms with E-state index in [1.54, 1.807) is 7.11 Å². The smallest absolute Gasteiger partial charge is 0.139 e. The van der Waals surface area contributed by atoms with E-state index < -0.39 is 0 Å². The predicted molar refractivity (Wildman–Crippen MR) is 81.5 cm³/mol. The fourth-order valence-corrected chi connectivity index (χ4v) is 2.18. The summed E-state index contributed by atoms with van der Waals surface area (Å²) in [4.78, 5) is 0. The van der Waals surface area contributed by atoms with Crippen LogP contribution in [0.5, 0.6) is 11.5 Å². The van der Waals surface area contributed by atoms with Crippen LogP contribution in [0.25, 0.3) is 0 Å². The monoisotopic (exact) mass is 291 g/mol. The minimum Gasteiger partial charge on any atom is -0.497 e. The largest absolute Gasteiger partial charge is 0.497 e. The molecule has 0 aliphatic rings. The van der Waals surface area contributed by atoms with Crippen molar-refractivity contribution in [1.82, 2.24) is 0 Å². The van der Waals surface area contributed by atoms with Gasteiger partial charge in [-0.2, -0.15) is 0 Å². The van der Waals surface area contributed by atoms with Gasteiger partial charge >= 0.3 is 0 Å². The molecule has 0 spiro atoms. The number of benzene rings is 2. The van der Waals surface area contributed by atoms with Gasteiger partial charge in [-0.1, -0.05) is 29.8 Å². The second-order valence-electron chi connectivity index (χ2n) is 4.63. The minimum absolute atomic E-state index is 0.167. The second kappa shape index (κ2) is 6.64. The Labute approximate surface area is 124 Å². The molecule has 2 aromatic carbocycles. The van der Waals surface area contributed by atoms with Gasteiger partial charge in [0, 0.05) is 17.1 Å². The van der Waals surface area contributed by atoms with Crippen molar-refractivity contribution < 1.29 is 9.47 Å². The Balaban J connectivity index is 2.25. The number of halogens is 1. The van der Waals surface area contributed by atoms with E-state index in [-0.39, 0.29) is 12.1 Å². The normalized spacial score (nSPS) is 13.6. The summed E-state index contributed by atoms with van der Waals surface area (Å²) in [6.07, 6.45) is -0.263. The van der Waals surface area contributed by atoms with Crippen molar-refractivity contribution in [1.29, 1.82) is 0 Å². The van der Waals surface area contributed by atoms with Crippen LogP contribution in [0.3, 0.4) is 0 Å². The van der Waals surface area contributed by atoms with E-state index in [9.17, 15) is 0 Å². The van der Waals surface area contributed by atoms with Crippen molar-refractivity contribution in [3.63, 3.8) is 0 Å². The molecule has 0 aliphatic carbocycles. The van der Waals surface area contributed by atoms with E-state index in [1.807, 2.05) is 55.5 Å². The third-order valence-electron chi connectivity index (χ3n) is 2.96. The van der Waals surface area contributed by atoms with Crippen molar-refractivity contribution in [2.24, 2.45) is 5.73 Å². The van der Waals surface area contributed by atoms with Crippen LogP contribution in [-0.2, 0) is 0 Å². The molecule has 0 bridgehead atoms. The van der Waals surface area contributed by atoms with Gasteiger partial charge in [-0.15, -0.1) is 0 Å². The molecule has 2 aromatic rings. The molecule has 0 amide bonds. The van der Waals surface area contributed by atoms with Crippen LogP contribution in [-0.4, -0.2) is 13.2 Å². The molecule has 0 saturated heterocycles. The average Bonchev–Trinajstić information content (AvgIpc) is 2.44. The summed E-state index contributed by atoms with van der Waals surface area (Å²) < 4.78 is 11.2. The van der Waals surface area contributed by atoms with Crippen LogP contribution in [0, 0.1) is 0 Å². The molecule has 2 unspecified atom stereocenters. The molecule has 4 heteroatoms. The third-order valence-corrected chi connectivity index (χ3v) is 3.19. The molecule has 0 aliphatic heterocycles. The molecule has 2 rings (SSSR count). The Morgan fingerprint density at radius 1 is 1.05 bits per heavy atom. The number of hydrogen-bond donors (Lipinski definition) is 1. The SMILES string of the molecule is COc1cccc(OC(c2cccc(Cl)c2)C(C)N)c1. The van der Waals surface area contributed by atoms with Crippen molar-refractivity contribution in [2.45, 2.75) is 19.1 Å². The highest BCUT2D eigenvalue weighted by Gasteiger charge is 2.18. The van der Waals surface area contributed by atoms with E-state index in [1.165, 1.54) is 0 Å². The summed E-state index contributed by atoms with van der Waals surface area (Å²) in [6, 6.07) is 14.8. The van der Waals surface area contributed by atoms with E-state index in [2.05, 4.69) is 0 Å². The first-order valence-corrected chi connectivity index (χ1v) is 6.79. The summed E-state index contributed by atoms with van der Waals surface area (Å²) in [6.45, 7) is 1.91. The molecule has 20 heavy (non-hydrogen) atoms. The quantitative estimate of drug-likeness (QED) is 0.911. The average molecular weight is 292 g/mol. The number of hydrogen-bond acceptors (Lipinski definition) is 3. The lowest BCUT2D eigenvalue weighted by atomic mass is 10.0. The first-order chi connectivity index (χ1) is 9.60. The highest BCUT2D eigenvalue weighted by molar-refractivity contribution is 6.30. The van der Waals surface area contributed by atoms with Gasteiger partial charge in [-0.3, -0.25) is 0 Å². The number of nitrogens with two attached hydrogens (primary N) is 1. The Kier molecular flexibility index (Phi) is 4.88. The van der Waals surface area contributed by atoms with Gasteiger partial charge in [0.25, 0.3) is 0 Å². The Morgan fingerprint density at radius 3 is 2.40 bits per heavy atom. The molecule has 0 fully saturated rings. The maximum Gasteiger partial charge on any atom is 0.139 e. The van der Waals surface area contributed by atoms with E-state index in [0.717, 1.165) is 11.3 Å². The van der Waals surface area contributed by atoms with Gasteiger partial charge in [0.1, 0.15) is 17.6 Å². The molecule has 0 heterocycles. The molecule has 0 radical (unpaired) electrons. The first-order valence-electron chi connectivity index (χ1n) is 6.42. The van der Waals surface area contributed by atoms with Crippen LogP contribution < -0.4 is 15.2 Å².